The van der Waals surface area contributed by atoms with Crippen LogP contribution in [0.15, 0.2) is 66.9 Å². The van der Waals surface area contributed by atoms with Crippen LogP contribution in [0.25, 0.3) is 10.4 Å². The highest BCUT2D eigenvalue weighted by Gasteiger charge is 2.21. The van der Waals surface area contributed by atoms with E-state index in [4.69, 9.17) is 4.74 Å². The molecule has 0 spiro atoms. The van der Waals surface area contributed by atoms with Gasteiger partial charge in [-0.15, -0.1) is 0 Å². The van der Waals surface area contributed by atoms with Gasteiger partial charge in [-0.1, -0.05) is 72.0 Å². The minimum absolute atomic E-state index is 0.229. The number of rotatable bonds is 5. The molecular formula is C18H16N2O2S. The number of anilines is 1. The molecule has 5 heteroatoms. The van der Waals surface area contributed by atoms with Crippen molar-refractivity contribution < 1.29 is 9.53 Å². The van der Waals surface area contributed by atoms with Crippen molar-refractivity contribution in [3.05, 3.63) is 72.4 Å². The summed E-state index contributed by atoms with van der Waals surface area (Å²) in [6.45, 7) is 0. The Hall–Kier alpha value is -2.50. The number of nitrogens with one attached hydrogen (secondary N) is 1. The monoisotopic (exact) mass is 324 g/mol. The molecule has 2 aromatic carbocycles. The average Bonchev–Trinajstić information content (AvgIpc) is 3.06. The third-order valence-electron chi connectivity index (χ3n) is 3.37. The van der Waals surface area contributed by atoms with Gasteiger partial charge in [-0.3, -0.25) is 10.1 Å². The molecule has 1 N–H and O–H groups in total. The van der Waals surface area contributed by atoms with Gasteiger partial charge in [0, 0.05) is 13.3 Å². The first kappa shape index (κ1) is 15.4. The van der Waals surface area contributed by atoms with Crippen LogP contribution < -0.4 is 5.32 Å². The zero-order chi connectivity index (χ0) is 16.1. The highest BCUT2D eigenvalue weighted by Crippen LogP contribution is 2.29. The van der Waals surface area contributed by atoms with Crippen molar-refractivity contribution in [3.63, 3.8) is 0 Å². The molecule has 0 radical (unpaired) electrons. The van der Waals surface area contributed by atoms with Crippen molar-refractivity contribution in [3.8, 4) is 10.4 Å². The second-order valence-corrected chi connectivity index (χ2v) is 5.94. The van der Waals surface area contributed by atoms with Gasteiger partial charge in [-0.05, 0) is 11.1 Å². The number of amides is 1. The summed E-state index contributed by atoms with van der Waals surface area (Å²) in [7, 11) is 1.52. The molecule has 1 heterocycles. The van der Waals surface area contributed by atoms with Crippen molar-refractivity contribution in [1.82, 2.24) is 4.98 Å². The summed E-state index contributed by atoms with van der Waals surface area (Å²) in [5.41, 5.74) is 1.89. The molecule has 0 saturated heterocycles. The number of nitrogens with zero attached hydrogens (tertiary/aromatic N) is 1. The van der Waals surface area contributed by atoms with Gasteiger partial charge in [0.05, 0.1) is 4.88 Å². The Morgan fingerprint density at radius 2 is 1.74 bits per heavy atom. The first-order valence-corrected chi connectivity index (χ1v) is 7.99. The number of benzene rings is 2. The molecule has 23 heavy (non-hydrogen) atoms. The van der Waals surface area contributed by atoms with Crippen LogP contribution in [0.4, 0.5) is 5.13 Å². The third-order valence-corrected chi connectivity index (χ3v) is 4.33. The Labute approximate surface area is 138 Å². The summed E-state index contributed by atoms with van der Waals surface area (Å²) in [6, 6.07) is 19.3. The normalized spacial score (nSPS) is 11.9. The maximum atomic E-state index is 12.4. The molecule has 0 aliphatic heterocycles. The van der Waals surface area contributed by atoms with E-state index < -0.39 is 6.10 Å². The topological polar surface area (TPSA) is 51.2 Å². The predicted molar refractivity (Wildman–Crippen MR) is 92.4 cm³/mol. The van der Waals surface area contributed by atoms with Gasteiger partial charge < -0.3 is 4.74 Å². The number of hydrogen-bond acceptors (Lipinski definition) is 4. The molecule has 1 atom stereocenters. The van der Waals surface area contributed by atoms with Crippen molar-refractivity contribution >= 4 is 22.4 Å². The van der Waals surface area contributed by atoms with E-state index in [1.807, 2.05) is 60.7 Å². The summed E-state index contributed by atoms with van der Waals surface area (Å²) in [5, 5.41) is 3.39. The molecule has 0 saturated carbocycles. The molecule has 1 aromatic heterocycles. The van der Waals surface area contributed by atoms with Gasteiger partial charge in [0.15, 0.2) is 11.2 Å². The fourth-order valence-corrected chi connectivity index (χ4v) is 3.09. The van der Waals surface area contributed by atoms with Crippen LogP contribution in [0.5, 0.6) is 0 Å². The lowest BCUT2D eigenvalue weighted by molar-refractivity contribution is -0.126. The fourth-order valence-electron chi connectivity index (χ4n) is 2.26. The molecule has 116 valence electrons. The minimum Gasteiger partial charge on any atom is -0.367 e. The molecule has 0 fully saturated rings. The van der Waals surface area contributed by atoms with Crippen LogP contribution >= 0.6 is 11.3 Å². The van der Waals surface area contributed by atoms with E-state index in [-0.39, 0.29) is 5.91 Å². The fraction of sp³-hybridized carbons (Fsp3) is 0.111. The smallest absolute Gasteiger partial charge is 0.259 e. The number of hydrogen-bond donors (Lipinski definition) is 1. The summed E-state index contributed by atoms with van der Waals surface area (Å²) in [5.74, 6) is -0.229. The first-order valence-electron chi connectivity index (χ1n) is 7.18. The minimum atomic E-state index is -0.653. The molecule has 0 aliphatic carbocycles. The van der Waals surface area contributed by atoms with Crippen LogP contribution in [0.3, 0.4) is 0 Å². The molecular weight excluding hydrogens is 308 g/mol. The molecule has 4 nitrogen and oxygen atoms in total. The van der Waals surface area contributed by atoms with Gasteiger partial charge in [0.2, 0.25) is 0 Å². The summed E-state index contributed by atoms with van der Waals surface area (Å²) in [4.78, 5) is 17.7. The van der Waals surface area contributed by atoms with Crippen molar-refractivity contribution in [1.29, 1.82) is 0 Å². The van der Waals surface area contributed by atoms with Gasteiger partial charge in [-0.2, -0.15) is 0 Å². The maximum absolute atomic E-state index is 12.4. The van der Waals surface area contributed by atoms with Gasteiger partial charge >= 0.3 is 0 Å². The largest absolute Gasteiger partial charge is 0.367 e. The number of thiazole rings is 1. The van der Waals surface area contributed by atoms with Crippen molar-refractivity contribution in [2.75, 3.05) is 12.4 Å². The van der Waals surface area contributed by atoms with Crippen molar-refractivity contribution in [2.45, 2.75) is 6.10 Å². The van der Waals surface area contributed by atoms with Gasteiger partial charge in [0.1, 0.15) is 0 Å². The highest BCUT2D eigenvalue weighted by atomic mass is 32.1. The number of methoxy groups -OCH3 is 1. The lowest BCUT2D eigenvalue weighted by Gasteiger charge is -2.14. The zero-order valence-electron chi connectivity index (χ0n) is 12.6. The van der Waals surface area contributed by atoms with E-state index in [9.17, 15) is 4.79 Å². The van der Waals surface area contributed by atoms with Crippen LogP contribution in [0.1, 0.15) is 11.7 Å². The van der Waals surface area contributed by atoms with Crippen LogP contribution in [0, 0.1) is 0 Å². The summed E-state index contributed by atoms with van der Waals surface area (Å²) in [6.07, 6.45) is 1.11. The second-order valence-electron chi connectivity index (χ2n) is 4.91. The Morgan fingerprint density at radius 1 is 1.09 bits per heavy atom. The lowest BCUT2D eigenvalue weighted by Crippen LogP contribution is -2.22. The van der Waals surface area contributed by atoms with E-state index in [1.165, 1.54) is 18.4 Å². The highest BCUT2D eigenvalue weighted by molar-refractivity contribution is 7.19. The molecule has 0 unspecified atom stereocenters. The summed E-state index contributed by atoms with van der Waals surface area (Å²) < 4.78 is 5.33. The average molecular weight is 324 g/mol. The van der Waals surface area contributed by atoms with E-state index in [1.54, 1.807) is 6.20 Å². The SMILES string of the molecule is CO[C@H](C(=O)Nc1ncc(-c2ccccc2)s1)c1ccccc1. The third kappa shape index (κ3) is 3.64. The quantitative estimate of drug-likeness (QED) is 0.767. The van der Waals surface area contributed by atoms with Gasteiger partial charge in [-0.25, -0.2) is 4.98 Å². The number of carbonyl (C=O) groups excluding carboxylic acids is 1. The Morgan fingerprint density at radius 3 is 2.39 bits per heavy atom. The van der Waals surface area contributed by atoms with E-state index >= 15 is 0 Å². The second kappa shape index (κ2) is 7.17. The van der Waals surface area contributed by atoms with Crippen LogP contribution in [0.2, 0.25) is 0 Å². The number of carbonyl (C=O) groups is 1. The van der Waals surface area contributed by atoms with E-state index in [2.05, 4.69) is 10.3 Å². The van der Waals surface area contributed by atoms with Crippen LogP contribution in [-0.4, -0.2) is 18.0 Å². The first-order chi connectivity index (χ1) is 11.3. The van der Waals surface area contributed by atoms with E-state index in [0.29, 0.717) is 5.13 Å². The number of aromatic nitrogens is 1. The summed E-state index contributed by atoms with van der Waals surface area (Å²) >= 11 is 1.44. The van der Waals surface area contributed by atoms with Gasteiger partial charge in [0.25, 0.3) is 5.91 Å². The Balaban J connectivity index is 1.74. The Bertz CT molecular complexity index is 772. The standard InChI is InChI=1S/C18H16N2O2S/c1-22-16(14-10-6-3-7-11-14)17(21)20-18-19-12-15(23-18)13-8-4-2-5-9-13/h2-12,16H,1H3,(H,19,20,21)/t16-/m0/s1. The van der Waals surface area contributed by atoms with Crippen molar-refractivity contribution in [2.24, 2.45) is 0 Å². The molecule has 3 aromatic rings. The lowest BCUT2D eigenvalue weighted by atomic mass is 10.1. The molecule has 1 amide bonds. The Kier molecular flexibility index (Phi) is 4.80. The maximum Gasteiger partial charge on any atom is 0.259 e. The predicted octanol–water partition coefficient (Wildman–Crippen LogP) is 4.14. The number of ether oxygens (including phenoxy) is 1. The zero-order valence-corrected chi connectivity index (χ0v) is 13.4. The van der Waals surface area contributed by atoms with Crippen LogP contribution in [-0.2, 0) is 9.53 Å². The molecule has 0 aliphatic rings. The molecule has 0 bridgehead atoms. The van der Waals surface area contributed by atoms with E-state index in [0.717, 1.165) is 16.0 Å². The molecule has 3 rings (SSSR count).